The second-order valence-corrected chi connectivity index (χ2v) is 6.05. The first kappa shape index (κ1) is 14.4. The van der Waals surface area contributed by atoms with Crippen molar-refractivity contribution in [3.8, 4) is 0 Å². The summed E-state index contributed by atoms with van der Waals surface area (Å²) in [6.07, 6.45) is 8.61. The van der Waals surface area contributed by atoms with Crippen LogP contribution in [0.3, 0.4) is 0 Å². The number of hydrogen-bond acceptors (Lipinski definition) is 2. The molecule has 0 radical (unpaired) electrons. The fourth-order valence-corrected chi connectivity index (χ4v) is 2.90. The molecular formula is C17H28N2. The normalized spacial score (nSPS) is 17.2. The van der Waals surface area contributed by atoms with E-state index in [-0.39, 0.29) is 0 Å². The maximum absolute atomic E-state index is 3.63. The molecule has 1 aromatic rings. The number of anilines is 1. The molecule has 19 heavy (non-hydrogen) atoms. The zero-order valence-electron chi connectivity index (χ0n) is 12.5. The van der Waals surface area contributed by atoms with E-state index in [0.29, 0.717) is 0 Å². The molecule has 0 aromatic heterocycles. The van der Waals surface area contributed by atoms with Crippen LogP contribution in [0.1, 0.15) is 44.1 Å². The first-order chi connectivity index (χ1) is 9.25. The monoisotopic (exact) mass is 260 g/mol. The van der Waals surface area contributed by atoms with Gasteiger partial charge >= 0.3 is 0 Å². The molecule has 0 spiro atoms. The SMILES string of the molecule is CN(C)c1ccc(CNCC2CCCCCC2)cc1. The van der Waals surface area contributed by atoms with E-state index in [1.54, 1.807) is 0 Å². The smallest absolute Gasteiger partial charge is 0.0361 e. The number of nitrogens with zero attached hydrogens (tertiary/aromatic N) is 1. The second-order valence-electron chi connectivity index (χ2n) is 6.05. The van der Waals surface area contributed by atoms with Crippen LogP contribution in [-0.4, -0.2) is 20.6 Å². The van der Waals surface area contributed by atoms with Crippen LogP contribution >= 0.6 is 0 Å². The standard InChI is InChI=1S/C17H28N2/c1-19(2)17-11-9-16(10-12-17)14-18-13-15-7-5-3-4-6-8-15/h9-12,15,18H,3-8,13-14H2,1-2H3. The van der Waals surface area contributed by atoms with Gasteiger partial charge in [0.05, 0.1) is 0 Å². The highest BCUT2D eigenvalue weighted by molar-refractivity contribution is 5.45. The maximum Gasteiger partial charge on any atom is 0.0361 e. The van der Waals surface area contributed by atoms with Crippen molar-refractivity contribution < 1.29 is 0 Å². The third-order valence-corrected chi connectivity index (χ3v) is 4.19. The quantitative estimate of drug-likeness (QED) is 0.810. The maximum atomic E-state index is 3.63. The highest BCUT2D eigenvalue weighted by Crippen LogP contribution is 2.22. The lowest BCUT2D eigenvalue weighted by Gasteiger charge is -2.16. The molecule has 1 N–H and O–H groups in total. The second kappa shape index (κ2) is 7.54. The van der Waals surface area contributed by atoms with E-state index in [0.717, 1.165) is 12.5 Å². The van der Waals surface area contributed by atoms with Gasteiger partial charge in [0.15, 0.2) is 0 Å². The van der Waals surface area contributed by atoms with Gasteiger partial charge in [-0.3, -0.25) is 0 Å². The zero-order valence-corrected chi connectivity index (χ0v) is 12.5. The van der Waals surface area contributed by atoms with Crippen molar-refractivity contribution >= 4 is 5.69 Å². The third-order valence-electron chi connectivity index (χ3n) is 4.19. The van der Waals surface area contributed by atoms with E-state index in [1.165, 1.54) is 56.3 Å². The Morgan fingerprint density at radius 2 is 1.63 bits per heavy atom. The molecular weight excluding hydrogens is 232 g/mol. The van der Waals surface area contributed by atoms with Gasteiger partial charge in [-0.15, -0.1) is 0 Å². The molecule has 0 bridgehead atoms. The van der Waals surface area contributed by atoms with Crippen LogP contribution in [0.25, 0.3) is 0 Å². The molecule has 0 unspecified atom stereocenters. The van der Waals surface area contributed by atoms with Crippen LogP contribution in [0.15, 0.2) is 24.3 Å². The molecule has 0 aliphatic heterocycles. The zero-order chi connectivity index (χ0) is 13.5. The van der Waals surface area contributed by atoms with Crippen LogP contribution < -0.4 is 10.2 Å². The Morgan fingerprint density at radius 3 is 2.21 bits per heavy atom. The Kier molecular flexibility index (Phi) is 5.71. The number of nitrogens with one attached hydrogen (secondary N) is 1. The van der Waals surface area contributed by atoms with Gasteiger partial charge in [-0.1, -0.05) is 37.8 Å². The minimum atomic E-state index is 0.906. The molecule has 1 saturated carbocycles. The van der Waals surface area contributed by atoms with Crippen LogP contribution in [0.5, 0.6) is 0 Å². The van der Waals surface area contributed by atoms with Crippen molar-refractivity contribution in [2.24, 2.45) is 5.92 Å². The Morgan fingerprint density at radius 1 is 1.00 bits per heavy atom. The summed E-state index contributed by atoms with van der Waals surface area (Å²) in [6.45, 7) is 2.19. The first-order valence-corrected chi connectivity index (χ1v) is 7.72. The van der Waals surface area contributed by atoms with E-state index < -0.39 is 0 Å². The first-order valence-electron chi connectivity index (χ1n) is 7.72. The molecule has 2 heteroatoms. The average molecular weight is 260 g/mol. The highest BCUT2D eigenvalue weighted by Gasteiger charge is 2.11. The summed E-state index contributed by atoms with van der Waals surface area (Å²) in [7, 11) is 4.17. The molecule has 0 atom stereocenters. The Labute approximate surface area is 118 Å². The predicted octanol–water partition coefficient (Wildman–Crippen LogP) is 3.81. The van der Waals surface area contributed by atoms with Crippen molar-refractivity contribution in [3.63, 3.8) is 0 Å². The summed E-state index contributed by atoms with van der Waals surface area (Å²) in [6, 6.07) is 8.86. The van der Waals surface area contributed by atoms with Crippen LogP contribution in [0.4, 0.5) is 5.69 Å². The van der Waals surface area contributed by atoms with Gasteiger partial charge in [0.2, 0.25) is 0 Å². The Balaban J connectivity index is 1.72. The molecule has 1 aliphatic carbocycles. The summed E-state index contributed by atoms with van der Waals surface area (Å²) in [5, 5.41) is 3.63. The lowest BCUT2D eigenvalue weighted by atomic mass is 10.0. The van der Waals surface area contributed by atoms with Gasteiger partial charge in [-0.05, 0) is 43.0 Å². The van der Waals surface area contributed by atoms with Gasteiger partial charge < -0.3 is 10.2 Å². The topological polar surface area (TPSA) is 15.3 Å². The average Bonchev–Trinajstić information content (AvgIpc) is 2.68. The molecule has 1 aromatic carbocycles. The van der Waals surface area contributed by atoms with Crippen LogP contribution in [0, 0.1) is 5.92 Å². The molecule has 106 valence electrons. The van der Waals surface area contributed by atoms with Crippen molar-refractivity contribution in [2.75, 3.05) is 25.5 Å². The molecule has 1 aliphatic rings. The summed E-state index contributed by atoms with van der Waals surface area (Å²) in [5.41, 5.74) is 2.66. The molecule has 0 heterocycles. The Bertz CT molecular complexity index is 348. The van der Waals surface area contributed by atoms with Crippen molar-refractivity contribution in [2.45, 2.75) is 45.1 Å². The summed E-state index contributed by atoms with van der Waals surface area (Å²) in [5.74, 6) is 0.906. The van der Waals surface area contributed by atoms with Gasteiger partial charge in [0.25, 0.3) is 0 Å². The number of hydrogen-bond donors (Lipinski definition) is 1. The van der Waals surface area contributed by atoms with E-state index >= 15 is 0 Å². The Hall–Kier alpha value is -1.02. The molecule has 0 amide bonds. The molecule has 2 nitrogen and oxygen atoms in total. The summed E-state index contributed by atoms with van der Waals surface area (Å²) in [4.78, 5) is 2.14. The highest BCUT2D eigenvalue weighted by atomic mass is 15.1. The molecule has 0 saturated heterocycles. The van der Waals surface area contributed by atoms with E-state index in [4.69, 9.17) is 0 Å². The van der Waals surface area contributed by atoms with Crippen molar-refractivity contribution in [1.29, 1.82) is 0 Å². The summed E-state index contributed by atoms with van der Waals surface area (Å²) < 4.78 is 0. The van der Waals surface area contributed by atoms with E-state index in [1.807, 2.05) is 0 Å². The predicted molar refractivity (Wildman–Crippen MR) is 83.7 cm³/mol. The largest absolute Gasteiger partial charge is 0.378 e. The van der Waals surface area contributed by atoms with Gasteiger partial charge in [-0.25, -0.2) is 0 Å². The molecule has 2 rings (SSSR count). The lowest BCUT2D eigenvalue weighted by Crippen LogP contribution is -2.22. The minimum absolute atomic E-state index is 0.906. The van der Waals surface area contributed by atoms with E-state index in [9.17, 15) is 0 Å². The summed E-state index contributed by atoms with van der Waals surface area (Å²) >= 11 is 0. The van der Waals surface area contributed by atoms with E-state index in [2.05, 4.69) is 48.6 Å². The lowest BCUT2D eigenvalue weighted by molar-refractivity contribution is 0.425. The third kappa shape index (κ3) is 4.87. The van der Waals surface area contributed by atoms with Crippen LogP contribution in [-0.2, 0) is 6.54 Å². The van der Waals surface area contributed by atoms with Gasteiger partial charge in [0.1, 0.15) is 0 Å². The van der Waals surface area contributed by atoms with Crippen LogP contribution in [0.2, 0.25) is 0 Å². The van der Waals surface area contributed by atoms with Crippen molar-refractivity contribution in [1.82, 2.24) is 5.32 Å². The fourth-order valence-electron chi connectivity index (χ4n) is 2.90. The number of benzene rings is 1. The fraction of sp³-hybridized carbons (Fsp3) is 0.647. The molecule has 1 fully saturated rings. The van der Waals surface area contributed by atoms with Gasteiger partial charge in [-0.2, -0.15) is 0 Å². The van der Waals surface area contributed by atoms with Crippen molar-refractivity contribution in [3.05, 3.63) is 29.8 Å². The number of rotatable bonds is 5. The minimum Gasteiger partial charge on any atom is -0.378 e. The van der Waals surface area contributed by atoms with Gasteiger partial charge in [0, 0.05) is 26.3 Å².